The van der Waals surface area contributed by atoms with Crippen molar-refractivity contribution in [3.63, 3.8) is 0 Å². The first-order valence-electron chi connectivity index (χ1n) is 8.10. The predicted octanol–water partition coefficient (Wildman–Crippen LogP) is 6.19. The molecule has 0 aliphatic heterocycles. The predicted molar refractivity (Wildman–Crippen MR) is 109 cm³/mol. The smallest absolute Gasteiger partial charge is 0.226 e. The SMILES string of the molecule is CC(C)c1cccc2sc(NC(=O)CCSc3ccc(Cl)cc3)nc12. The van der Waals surface area contributed by atoms with Crippen molar-refractivity contribution in [3.05, 3.63) is 53.1 Å². The summed E-state index contributed by atoms with van der Waals surface area (Å²) >= 11 is 9.04. The maximum absolute atomic E-state index is 12.2. The minimum absolute atomic E-state index is 0.00776. The molecule has 0 aliphatic carbocycles. The van der Waals surface area contributed by atoms with Crippen LogP contribution in [0.15, 0.2) is 47.4 Å². The summed E-state index contributed by atoms with van der Waals surface area (Å²) in [5, 5.41) is 4.32. The second kappa shape index (κ2) is 8.21. The highest BCUT2D eigenvalue weighted by Crippen LogP contribution is 2.31. The van der Waals surface area contributed by atoms with Gasteiger partial charge in [-0.15, -0.1) is 11.8 Å². The number of hydrogen-bond acceptors (Lipinski definition) is 4. The van der Waals surface area contributed by atoms with Crippen LogP contribution in [0.4, 0.5) is 5.13 Å². The summed E-state index contributed by atoms with van der Waals surface area (Å²) in [7, 11) is 0. The lowest BCUT2D eigenvalue weighted by Crippen LogP contribution is -2.11. The summed E-state index contributed by atoms with van der Waals surface area (Å²) in [5.74, 6) is 1.12. The normalized spacial score (nSPS) is 11.2. The number of nitrogens with one attached hydrogen (secondary N) is 1. The first kappa shape index (κ1) is 18.2. The van der Waals surface area contributed by atoms with Crippen LogP contribution in [0.3, 0.4) is 0 Å². The largest absolute Gasteiger partial charge is 0.302 e. The van der Waals surface area contributed by atoms with Gasteiger partial charge in [0.15, 0.2) is 5.13 Å². The fourth-order valence-corrected chi connectivity index (χ4v) is 4.36. The fraction of sp³-hybridized carbons (Fsp3) is 0.263. The van der Waals surface area contributed by atoms with E-state index in [1.54, 1.807) is 11.8 Å². The van der Waals surface area contributed by atoms with E-state index in [4.69, 9.17) is 11.6 Å². The molecule has 1 aromatic heterocycles. The maximum Gasteiger partial charge on any atom is 0.226 e. The van der Waals surface area contributed by atoms with Gasteiger partial charge in [-0.1, -0.05) is 48.9 Å². The first-order chi connectivity index (χ1) is 12.0. The summed E-state index contributed by atoms with van der Waals surface area (Å²) in [6, 6.07) is 13.8. The molecule has 0 fully saturated rings. The molecule has 1 heterocycles. The molecule has 0 saturated carbocycles. The van der Waals surface area contributed by atoms with Crippen molar-refractivity contribution in [2.45, 2.75) is 31.1 Å². The number of nitrogens with zero attached hydrogens (tertiary/aromatic N) is 1. The number of anilines is 1. The Kier molecular flexibility index (Phi) is 5.99. The summed E-state index contributed by atoms with van der Waals surface area (Å²) in [5.41, 5.74) is 2.21. The number of para-hydroxylation sites is 1. The second-order valence-electron chi connectivity index (χ2n) is 5.97. The summed E-state index contributed by atoms with van der Waals surface area (Å²) in [4.78, 5) is 17.9. The van der Waals surface area contributed by atoms with Gasteiger partial charge in [-0.25, -0.2) is 4.98 Å². The van der Waals surface area contributed by atoms with E-state index in [1.165, 1.54) is 16.9 Å². The second-order valence-corrected chi connectivity index (χ2v) is 8.60. The van der Waals surface area contributed by atoms with Crippen LogP contribution in [0, 0.1) is 0 Å². The summed E-state index contributed by atoms with van der Waals surface area (Å²) in [6.07, 6.45) is 0.445. The van der Waals surface area contributed by atoms with E-state index in [1.807, 2.05) is 36.4 Å². The van der Waals surface area contributed by atoms with Gasteiger partial charge in [-0.05, 0) is 41.8 Å². The van der Waals surface area contributed by atoms with Gasteiger partial charge in [0.05, 0.1) is 10.2 Å². The van der Waals surface area contributed by atoms with Crippen LogP contribution in [0.1, 0.15) is 31.7 Å². The highest BCUT2D eigenvalue weighted by Gasteiger charge is 2.12. The third kappa shape index (κ3) is 4.75. The van der Waals surface area contributed by atoms with Crippen LogP contribution in [0.25, 0.3) is 10.2 Å². The fourth-order valence-electron chi connectivity index (χ4n) is 2.46. The van der Waals surface area contributed by atoms with Crippen LogP contribution < -0.4 is 5.32 Å². The maximum atomic E-state index is 12.2. The van der Waals surface area contributed by atoms with E-state index < -0.39 is 0 Å². The monoisotopic (exact) mass is 390 g/mol. The molecule has 0 bridgehead atoms. The van der Waals surface area contributed by atoms with Gasteiger partial charge >= 0.3 is 0 Å². The minimum atomic E-state index is -0.00776. The topological polar surface area (TPSA) is 42.0 Å². The average molecular weight is 391 g/mol. The molecule has 0 atom stereocenters. The molecule has 6 heteroatoms. The highest BCUT2D eigenvalue weighted by molar-refractivity contribution is 7.99. The molecule has 3 rings (SSSR count). The van der Waals surface area contributed by atoms with Crippen LogP contribution in [0.5, 0.6) is 0 Å². The number of benzene rings is 2. The van der Waals surface area contributed by atoms with Crippen molar-refractivity contribution in [2.75, 3.05) is 11.1 Å². The molecule has 0 radical (unpaired) electrons. The van der Waals surface area contributed by atoms with Gasteiger partial charge in [0, 0.05) is 22.1 Å². The third-order valence-corrected chi connectivity index (χ3v) is 5.93. The Labute approximate surface area is 160 Å². The molecule has 130 valence electrons. The van der Waals surface area contributed by atoms with Gasteiger partial charge in [-0.2, -0.15) is 0 Å². The Hall–Kier alpha value is -1.56. The molecule has 0 saturated heterocycles. The molecule has 1 N–H and O–H groups in total. The molecule has 25 heavy (non-hydrogen) atoms. The molecular formula is C19H19ClN2OS2. The van der Waals surface area contributed by atoms with E-state index in [-0.39, 0.29) is 5.91 Å². The number of hydrogen-bond donors (Lipinski definition) is 1. The quantitative estimate of drug-likeness (QED) is 0.510. The lowest BCUT2D eigenvalue weighted by atomic mass is 10.0. The Morgan fingerprint density at radius 3 is 2.72 bits per heavy atom. The number of carbonyl (C=O) groups excluding carboxylic acids is 1. The first-order valence-corrected chi connectivity index (χ1v) is 10.3. The third-order valence-electron chi connectivity index (χ3n) is 3.73. The number of thiazole rings is 1. The van der Waals surface area contributed by atoms with E-state index in [2.05, 4.69) is 30.2 Å². The zero-order valence-corrected chi connectivity index (χ0v) is 16.5. The van der Waals surface area contributed by atoms with Gasteiger partial charge in [0.1, 0.15) is 0 Å². The van der Waals surface area contributed by atoms with Crippen LogP contribution in [-0.4, -0.2) is 16.6 Å². The van der Waals surface area contributed by atoms with Gasteiger partial charge in [0.25, 0.3) is 0 Å². The molecule has 3 aromatic rings. The number of rotatable bonds is 6. The van der Waals surface area contributed by atoms with Crippen molar-refractivity contribution < 1.29 is 4.79 Å². The molecular weight excluding hydrogens is 372 g/mol. The lowest BCUT2D eigenvalue weighted by Gasteiger charge is -2.04. The van der Waals surface area contributed by atoms with Crippen molar-refractivity contribution in [3.8, 4) is 0 Å². The van der Waals surface area contributed by atoms with E-state index in [0.717, 1.165) is 25.9 Å². The molecule has 0 spiro atoms. The van der Waals surface area contributed by atoms with Gasteiger partial charge in [-0.3, -0.25) is 4.79 Å². The van der Waals surface area contributed by atoms with Crippen LogP contribution >= 0.6 is 34.7 Å². The average Bonchev–Trinajstić information content (AvgIpc) is 2.98. The van der Waals surface area contributed by atoms with E-state index >= 15 is 0 Å². The molecule has 1 amide bonds. The number of aromatic nitrogens is 1. The van der Waals surface area contributed by atoms with E-state index in [9.17, 15) is 4.79 Å². The molecule has 0 aliphatic rings. The molecule has 3 nitrogen and oxygen atoms in total. The Morgan fingerprint density at radius 1 is 1.24 bits per heavy atom. The van der Waals surface area contributed by atoms with Gasteiger partial charge in [0.2, 0.25) is 5.91 Å². The molecule has 0 unspecified atom stereocenters. The Balaban J connectivity index is 1.58. The van der Waals surface area contributed by atoms with Crippen LogP contribution in [0.2, 0.25) is 5.02 Å². The van der Waals surface area contributed by atoms with Crippen LogP contribution in [-0.2, 0) is 4.79 Å². The summed E-state index contributed by atoms with van der Waals surface area (Å²) < 4.78 is 1.11. The highest BCUT2D eigenvalue weighted by atomic mass is 35.5. The number of carbonyl (C=O) groups is 1. The van der Waals surface area contributed by atoms with Crippen molar-refractivity contribution in [1.82, 2.24) is 4.98 Å². The number of halogens is 1. The van der Waals surface area contributed by atoms with Crippen molar-refractivity contribution >= 4 is 56.0 Å². The zero-order chi connectivity index (χ0) is 17.8. The molecule has 2 aromatic carbocycles. The number of fused-ring (bicyclic) bond motifs is 1. The Bertz CT molecular complexity index is 875. The number of thioether (sulfide) groups is 1. The number of amides is 1. The zero-order valence-electron chi connectivity index (χ0n) is 14.1. The van der Waals surface area contributed by atoms with Crippen molar-refractivity contribution in [1.29, 1.82) is 0 Å². The summed E-state index contributed by atoms with van der Waals surface area (Å²) in [6.45, 7) is 4.31. The van der Waals surface area contributed by atoms with Gasteiger partial charge < -0.3 is 5.32 Å². The van der Waals surface area contributed by atoms with Crippen molar-refractivity contribution in [2.24, 2.45) is 0 Å². The Morgan fingerprint density at radius 2 is 2.00 bits per heavy atom. The van der Waals surface area contributed by atoms with E-state index in [0.29, 0.717) is 17.5 Å². The standard InChI is InChI=1S/C19H19ClN2OS2/c1-12(2)15-4-3-5-16-18(15)22-19(25-16)21-17(23)10-11-24-14-8-6-13(20)7-9-14/h3-9,12H,10-11H2,1-2H3,(H,21,22,23). The lowest BCUT2D eigenvalue weighted by molar-refractivity contribution is -0.115. The minimum Gasteiger partial charge on any atom is -0.302 e.